The van der Waals surface area contributed by atoms with Crippen molar-refractivity contribution >= 4 is 11.6 Å². The van der Waals surface area contributed by atoms with Crippen molar-refractivity contribution in [1.82, 2.24) is 0 Å². The third-order valence-electron chi connectivity index (χ3n) is 2.90. The predicted octanol–water partition coefficient (Wildman–Crippen LogP) is 3.96. The van der Waals surface area contributed by atoms with Crippen molar-refractivity contribution in [2.24, 2.45) is 0 Å². The summed E-state index contributed by atoms with van der Waals surface area (Å²) in [6.07, 6.45) is 1.53. The van der Waals surface area contributed by atoms with Gasteiger partial charge in [0.2, 0.25) is 0 Å². The zero-order valence-electron chi connectivity index (χ0n) is 10.9. The molecule has 94 valence electrons. The van der Waals surface area contributed by atoms with Gasteiger partial charge in [-0.2, -0.15) is 0 Å². The van der Waals surface area contributed by atoms with E-state index in [1.165, 1.54) is 6.26 Å². The average Bonchev–Trinajstić information content (AvgIpc) is 2.76. The van der Waals surface area contributed by atoms with Gasteiger partial charge in [-0.05, 0) is 30.5 Å². The normalized spacial score (nSPS) is 10.7. The first-order chi connectivity index (χ1) is 8.59. The highest BCUT2D eigenvalue weighted by Gasteiger charge is 2.14. The van der Waals surface area contributed by atoms with Gasteiger partial charge < -0.3 is 9.73 Å². The van der Waals surface area contributed by atoms with E-state index < -0.39 is 0 Å². The van der Waals surface area contributed by atoms with E-state index in [9.17, 15) is 4.79 Å². The molecule has 0 saturated carbocycles. The summed E-state index contributed by atoms with van der Waals surface area (Å²) in [7, 11) is 0. The molecule has 0 aliphatic heterocycles. The van der Waals surface area contributed by atoms with Gasteiger partial charge in [-0.25, -0.2) is 0 Å². The maximum Gasteiger partial charge on any atom is 0.291 e. The van der Waals surface area contributed by atoms with Gasteiger partial charge >= 0.3 is 0 Å². The van der Waals surface area contributed by atoms with Crippen LogP contribution in [0.3, 0.4) is 0 Å². The number of nitrogens with one attached hydrogen (secondary N) is 1. The number of furan rings is 1. The first-order valence-electron chi connectivity index (χ1n) is 6.04. The van der Waals surface area contributed by atoms with E-state index in [0.29, 0.717) is 11.7 Å². The Labute approximate surface area is 107 Å². The molecule has 0 saturated heterocycles. The van der Waals surface area contributed by atoms with Crippen LogP contribution >= 0.6 is 0 Å². The molecule has 1 amide bonds. The molecule has 0 fully saturated rings. The lowest BCUT2D eigenvalue weighted by molar-refractivity contribution is 0.0996. The van der Waals surface area contributed by atoms with E-state index in [1.54, 1.807) is 6.07 Å². The molecule has 0 radical (unpaired) electrons. The molecule has 1 aromatic heterocycles. The van der Waals surface area contributed by atoms with Crippen molar-refractivity contribution in [3.8, 4) is 0 Å². The van der Waals surface area contributed by atoms with E-state index in [2.05, 4.69) is 19.2 Å². The van der Waals surface area contributed by atoms with Crippen molar-refractivity contribution in [2.45, 2.75) is 26.7 Å². The molecule has 1 heterocycles. The number of aryl methyl sites for hydroxylation is 1. The molecule has 0 aliphatic carbocycles. The largest absolute Gasteiger partial charge is 0.459 e. The second kappa shape index (κ2) is 5.08. The quantitative estimate of drug-likeness (QED) is 0.886. The number of carbonyl (C=O) groups excluding carboxylic acids is 1. The molecule has 2 aromatic rings. The minimum atomic E-state index is -0.203. The SMILES string of the molecule is Cc1ccoc1C(=O)Nc1ccccc1C(C)C. The molecule has 0 unspecified atom stereocenters. The molecule has 2 rings (SSSR count). The molecule has 0 atom stereocenters. The van der Waals surface area contributed by atoms with Crippen molar-refractivity contribution in [3.05, 3.63) is 53.5 Å². The van der Waals surface area contributed by atoms with Crippen molar-refractivity contribution in [2.75, 3.05) is 5.32 Å². The maximum atomic E-state index is 12.1. The Bertz CT molecular complexity index is 555. The third kappa shape index (κ3) is 2.45. The molecule has 1 aromatic carbocycles. The minimum absolute atomic E-state index is 0.203. The summed E-state index contributed by atoms with van der Waals surface area (Å²) >= 11 is 0. The van der Waals surface area contributed by atoms with Crippen LogP contribution in [0.1, 0.15) is 41.4 Å². The zero-order chi connectivity index (χ0) is 13.1. The average molecular weight is 243 g/mol. The maximum absolute atomic E-state index is 12.1. The lowest BCUT2D eigenvalue weighted by atomic mass is 10.0. The molecule has 18 heavy (non-hydrogen) atoms. The number of para-hydroxylation sites is 1. The van der Waals surface area contributed by atoms with Gasteiger partial charge in [-0.3, -0.25) is 4.79 Å². The summed E-state index contributed by atoms with van der Waals surface area (Å²) in [4.78, 5) is 12.1. The topological polar surface area (TPSA) is 42.2 Å². The van der Waals surface area contributed by atoms with Crippen LogP contribution in [0, 0.1) is 6.92 Å². The summed E-state index contributed by atoms with van der Waals surface area (Å²) in [5.41, 5.74) is 2.80. The number of carbonyl (C=O) groups is 1. The number of hydrogen-bond acceptors (Lipinski definition) is 2. The Hall–Kier alpha value is -2.03. The molecular weight excluding hydrogens is 226 g/mol. The fourth-order valence-electron chi connectivity index (χ4n) is 1.90. The molecule has 1 N–H and O–H groups in total. The van der Waals surface area contributed by atoms with E-state index in [-0.39, 0.29) is 5.91 Å². The molecule has 3 nitrogen and oxygen atoms in total. The number of anilines is 1. The first kappa shape index (κ1) is 12.4. The predicted molar refractivity (Wildman–Crippen MR) is 71.9 cm³/mol. The molecule has 3 heteroatoms. The Morgan fingerprint density at radius 1 is 1.22 bits per heavy atom. The highest BCUT2D eigenvalue weighted by atomic mass is 16.3. The monoisotopic (exact) mass is 243 g/mol. The summed E-state index contributed by atoms with van der Waals surface area (Å²) in [6, 6.07) is 9.60. The molecule has 0 bridgehead atoms. The van der Waals surface area contributed by atoms with Crippen molar-refractivity contribution < 1.29 is 9.21 Å². The number of benzene rings is 1. The summed E-state index contributed by atoms with van der Waals surface area (Å²) in [5, 5.41) is 2.90. The van der Waals surface area contributed by atoms with Gasteiger partial charge in [0.25, 0.3) is 5.91 Å². The summed E-state index contributed by atoms with van der Waals surface area (Å²) < 4.78 is 5.19. The fourth-order valence-corrected chi connectivity index (χ4v) is 1.90. The number of amides is 1. The zero-order valence-corrected chi connectivity index (χ0v) is 10.9. The minimum Gasteiger partial charge on any atom is -0.459 e. The fraction of sp³-hybridized carbons (Fsp3) is 0.267. The van der Waals surface area contributed by atoms with E-state index in [0.717, 1.165) is 16.8 Å². The van der Waals surface area contributed by atoms with Gasteiger partial charge in [0.05, 0.1) is 6.26 Å². The van der Waals surface area contributed by atoms with Crippen LogP contribution in [-0.2, 0) is 0 Å². The highest BCUT2D eigenvalue weighted by Crippen LogP contribution is 2.24. The smallest absolute Gasteiger partial charge is 0.291 e. The highest BCUT2D eigenvalue weighted by molar-refractivity contribution is 6.03. The second-order valence-corrected chi connectivity index (χ2v) is 4.63. The van der Waals surface area contributed by atoms with E-state index in [1.807, 2.05) is 31.2 Å². The van der Waals surface area contributed by atoms with Crippen LogP contribution < -0.4 is 5.32 Å². The molecule has 0 spiro atoms. The van der Waals surface area contributed by atoms with E-state index in [4.69, 9.17) is 4.42 Å². The van der Waals surface area contributed by atoms with Crippen molar-refractivity contribution in [3.63, 3.8) is 0 Å². The first-order valence-corrected chi connectivity index (χ1v) is 6.04. The van der Waals surface area contributed by atoms with Crippen LogP contribution in [0.5, 0.6) is 0 Å². The van der Waals surface area contributed by atoms with Crippen LogP contribution in [0.25, 0.3) is 0 Å². The van der Waals surface area contributed by atoms with Crippen LogP contribution in [0.2, 0.25) is 0 Å². The van der Waals surface area contributed by atoms with Crippen LogP contribution in [0.15, 0.2) is 41.0 Å². The number of hydrogen-bond donors (Lipinski definition) is 1. The third-order valence-corrected chi connectivity index (χ3v) is 2.90. The Morgan fingerprint density at radius 3 is 2.56 bits per heavy atom. The van der Waals surface area contributed by atoms with Gasteiger partial charge in [-0.15, -0.1) is 0 Å². The Morgan fingerprint density at radius 2 is 1.94 bits per heavy atom. The summed E-state index contributed by atoms with van der Waals surface area (Å²) in [5.74, 6) is 0.526. The standard InChI is InChI=1S/C15H17NO2/c1-10(2)12-6-4-5-7-13(12)16-15(17)14-11(3)8-9-18-14/h4-10H,1-3H3,(H,16,17). The van der Waals surface area contributed by atoms with Gasteiger partial charge in [0, 0.05) is 11.3 Å². The lowest BCUT2D eigenvalue weighted by Crippen LogP contribution is -2.13. The van der Waals surface area contributed by atoms with Gasteiger partial charge in [0.1, 0.15) is 0 Å². The van der Waals surface area contributed by atoms with Gasteiger partial charge in [0.15, 0.2) is 5.76 Å². The van der Waals surface area contributed by atoms with Gasteiger partial charge in [-0.1, -0.05) is 32.0 Å². The lowest BCUT2D eigenvalue weighted by Gasteiger charge is -2.13. The molecule has 0 aliphatic rings. The summed E-state index contributed by atoms with van der Waals surface area (Å²) in [6.45, 7) is 6.05. The van der Waals surface area contributed by atoms with Crippen LogP contribution in [-0.4, -0.2) is 5.91 Å². The van der Waals surface area contributed by atoms with Crippen molar-refractivity contribution in [1.29, 1.82) is 0 Å². The Balaban J connectivity index is 2.25. The number of rotatable bonds is 3. The van der Waals surface area contributed by atoms with E-state index >= 15 is 0 Å². The second-order valence-electron chi connectivity index (χ2n) is 4.63. The Kier molecular flexibility index (Phi) is 3.51. The van der Waals surface area contributed by atoms with Crippen LogP contribution in [0.4, 0.5) is 5.69 Å². The molecular formula is C15H17NO2.